The summed E-state index contributed by atoms with van der Waals surface area (Å²) < 4.78 is 10.0. The number of alkyl carbamates (subject to hydrolysis) is 1. The van der Waals surface area contributed by atoms with E-state index < -0.39 is 23.2 Å². The molecule has 1 amide bonds. The number of hydrogen-bond acceptors (Lipinski definition) is 4. The quantitative estimate of drug-likeness (QED) is 0.631. The zero-order valence-electron chi connectivity index (χ0n) is 12.3. The summed E-state index contributed by atoms with van der Waals surface area (Å²) in [5, 5.41) is 2.67. The lowest BCUT2D eigenvalue weighted by Crippen LogP contribution is -2.58. The van der Waals surface area contributed by atoms with Crippen LogP contribution in [0.3, 0.4) is 0 Å². The zero-order valence-corrected chi connectivity index (χ0v) is 12.3. The molecule has 108 valence electrons. The lowest BCUT2D eigenvalue weighted by atomic mass is 9.84. The second kappa shape index (κ2) is 5.63. The van der Waals surface area contributed by atoms with Gasteiger partial charge in [-0.25, -0.2) is 9.59 Å². The van der Waals surface area contributed by atoms with Crippen LogP contribution >= 0.6 is 0 Å². The molecular formula is C14H23NO4. The summed E-state index contributed by atoms with van der Waals surface area (Å²) in [6.07, 6.45) is 4.88. The highest BCUT2D eigenvalue weighted by atomic mass is 16.6. The van der Waals surface area contributed by atoms with Crippen LogP contribution in [-0.4, -0.2) is 30.3 Å². The molecule has 5 heteroatoms. The van der Waals surface area contributed by atoms with Gasteiger partial charge in [0.15, 0.2) is 0 Å². The molecule has 0 saturated carbocycles. The van der Waals surface area contributed by atoms with Gasteiger partial charge in [-0.2, -0.15) is 0 Å². The molecule has 0 aromatic carbocycles. The average molecular weight is 269 g/mol. The van der Waals surface area contributed by atoms with E-state index in [9.17, 15) is 9.59 Å². The lowest BCUT2D eigenvalue weighted by Gasteiger charge is -2.34. The first-order valence-electron chi connectivity index (χ1n) is 6.43. The number of carbonyl (C=O) groups is 2. The Labute approximate surface area is 114 Å². The maximum Gasteiger partial charge on any atom is 0.408 e. The molecule has 0 radical (unpaired) electrons. The van der Waals surface area contributed by atoms with E-state index in [-0.39, 0.29) is 5.92 Å². The molecule has 1 N–H and O–H groups in total. The fraction of sp³-hybridized carbons (Fsp3) is 0.714. The minimum Gasteiger partial charge on any atom is -0.467 e. The molecule has 0 spiro atoms. The zero-order chi connectivity index (χ0) is 14.7. The Hall–Kier alpha value is -1.52. The minimum atomic E-state index is -1.07. The number of allylic oxidation sites excluding steroid dienone is 2. The van der Waals surface area contributed by atoms with Crippen LogP contribution in [0.5, 0.6) is 0 Å². The second-order valence-electron chi connectivity index (χ2n) is 5.96. The normalized spacial score (nSPS) is 18.8. The SMILES string of the molecule is COC(=O)C(C)(NC(=O)OC(C)(C)C)C1CC=CC1. The molecular weight excluding hydrogens is 246 g/mol. The van der Waals surface area contributed by atoms with Gasteiger partial charge in [-0.15, -0.1) is 0 Å². The van der Waals surface area contributed by atoms with E-state index >= 15 is 0 Å². The Morgan fingerprint density at radius 1 is 1.16 bits per heavy atom. The third-order valence-corrected chi connectivity index (χ3v) is 3.19. The third-order valence-electron chi connectivity index (χ3n) is 3.19. The molecule has 0 heterocycles. The Bertz CT molecular complexity index is 375. The fourth-order valence-electron chi connectivity index (χ4n) is 2.14. The minimum absolute atomic E-state index is 0.00697. The van der Waals surface area contributed by atoms with Gasteiger partial charge in [0, 0.05) is 0 Å². The maximum atomic E-state index is 12.0. The van der Waals surface area contributed by atoms with Gasteiger partial charge in [0.2, 0.25) is 0 Å². The van der Waals surface area contributed by atoms with Crippen LogP contribution < -0.4 is 5.32 Å². The van der Waals surface area contributed by atoms with Crippen LogP contribution in [0.15, 0.2) is 12.2 Å². The number of hydrogen-bond donors (Lipinski definition) is 1. The first-order valence-corrected chi connectivity index (χ1v) is 6.43. The molecule has 1 rings (SSSR count). The molecule has 5 nitrogen and oxygen atoms in total. The van der Waals surface area contributed by atoms with E-state index in [1.807, 2.05) is 12.2 Å². The number of ether oxygens (including phenoxy) is 2. The van der Waals surface area contributed by atoms with E-state index in [0.717, 1.165) is 12.8 Å². The van der Waals surface area contributed by atoms with Gasteiger partial charge < -0.3 is 14.8 Å². The molecule has 19 heavy (non-hydrogen) atoms. The van der Waals surface area contributed by atoms with Crippen molar-refractivity contribution < 1.29 is 19.1 Å². The Kier molecular flexibility index (Phi) is 4.61. The first-order chi connectivity index (χ1) is 8.69. The van der Waals surface area contributed by atoms with Crippen molar-refractivity contribution in [3.05, 3.63) is 12.2 Å². The Morgan fingerprint density at radius 3 is 2.11 bits per heavy atom. The van der Waals surface area contributed by atoms with Crippen LogP contribution in [0.2, 0.25) is 0 Å². The number of nitrogens with one attached hydrogen (secondary N) is 1. The maximum absolute atomic E-state index is 12.0. The van der Waals surface area contributed by atoms with Crippen molar-refractivity contribution in [3.8, 4) is 0 Å². The first kappa shape index (κ1) is 15.5. The fourth-order valence-corrected chi connectivity index (χ4v) is 2.14. The van der Waals surface area contributed by atoms with Crippen molar-refractivity contribution in [2.45, 2.75) is 51.7 Å². The number of carbonyl (C=O) groups excluding carboxylic acids is 2. The third kappa shape index (κ3) is 3.98. The molecule has 1 aliphatic carbocycles. The van der Waals surface area contributed by atoms with E-state index in [1.165, 1.54) is 7.11 Å². The predicted molar refractivity (Wildman–Crippen MR) is 71.7 cm³/mol. The standard InChI is InChI=1S/C14H23NO4/c1-13(2,3)19-12(17)15-14(4,11(16)18-5)10-8-6-7-9-10/h6-7,10H,8-9H2,1-5H3,(H,15,17). The van der Waals surface area contributed by atoms with Crippen LogP contribution in [-0.2, 0) is 14.3 Å². The van der Waals surface area contributed by atoms with Gasteiger partial charge >= 0.3 is 12.1 Å². The summed E-state index contributed by atoms with van der Waals surface area (Å²) in [7, 11) is 1.32. The average Bonchev–Trinajstić information content (AvgIpc) is 2.78. The molecule has 0 saturated heterocycles. The van der Waals surface area contributed by atoms with Crippen LogP contribution in [0.4, 0.5) is 4.79 Å². The molecule has 1 atom stereocenters. The van der Waals surface area contributed by atoms with Crippen molar-refractivity contribution >= 4 is 12.1 Å². The number of methoxy groups -OCH3 is 1. The molecule has 0 aromatic heterocycles. The Morgan fingerprint density at radius 2 is 1.68 bits per heavy atom. The highest BCUT2D eigenvalue weighted by molar-refractivity contribution is 5.85. The second-order valence-corrected chi connectivity index (χ2v) is 5.96. The number of esters is 1. The topological polar surface area (TPSA) is 64.6 Å². The van der Waals surface area contributed by atoms with Gasteiger partial charge in [0.05, 0.1) is 7.11 Å². The Balaban J connectivity index is 2.80. The highest BCUT2D eigenvalue weighted by Crippen LogP contribution is 2.31. The monoisotopic (exact) mass is 269 g/mol. The largest absolute Gasteiger partial charge is 0.467 e. The molecule has 0 aliphatic heterocycles. The molecule has 1 aliphatic rings. The van der Waals surface area contributed by atoms with Crippen molar-refractivity contribution in [3.63, 3.8) is 0 Å². The van der Waals surface area contributed by atoms with Gasteiger partial charge in [-0.3, -0.25) is 0 Å². The molecule has 0 fully saturated rings. The van der Waals surface area contributed by atoms with E-state index in [1.54, 1.807) is 27.7 Å². The summed E-state index contributed by atoms with van der Waals surface area (Å²) in [6.45, 7) is 7.01. The number of rotatable bonds is 3. The van der Waals surface area contributed by atoms with Gasteiger partial charge in [-0.1, -0.05) is 12.2 Å². The van der Waals surface area contributed by atoms with Crippen molar-refractivity contribution in [2.24, 2.45) is 5.92 Å². The lowest BCUT2D eigenvalue weighted by molar-refractivity contribution is -0.150. The van der Waals surface area contributed by atoms with Crippen LogP contribution in [0, 0.1) is 5.92 Å². The summed E-state index contributed by atoms with van der Waals surface area (Å²) >= 11 is 0. The van der Waals surface area contributed by atoms with E-state index in [4.69, 9.17) is 9.47 Å². The summed E-state index contributed by atoms with van der Waals surface area (Å²) in [6, 6.07) is 0. The summed E-state index contributed by atoms with van der Waals surface area (Å²) in [5.74, 6) is -0.459. The smallest absolute Gasteiger partial charge is 0.408 e. The van der Waals surface area contributed by atoms with Crippen LogP contribution in [0.25, 0.3) is 0 Å². The molecule has 0 bridgehead atoms. The molecule has 0 aromatic rings. The van der Waals surface area contributed by atoms with Crippen molar-refractivity contribution in [1.82, 2.24) is 5.32 Å². The van der Waals surface area contributed by atoms with Crippen molar-refractivity contribution in [1.29, 1.82) is 0 Å². The van der Waals surface area contributed by atoms with Crippen LogP contribution in [0.1, 0.15) is 40.5 Å². The highest BCUT2D eigenvalue weighted by Gasteiger charge is 2.44. The molecule has 1 unspecified atom stereocenters. The van der Waals surface area contributed by atoms with E-state index in [0.29, 0.717) is 0 Å². The van der Waals surface area contributed by atoms with Crippen molar-refractivity contribution in [2.75, 3.05) is 7.11 Å². The van der Waals surface area contributed by atoms with Gasteiger partial charge in [0.1, 0.15) is 11.1 Å². The van der Waals surface area contributed by atoms with Gasteiger partial charge in [-0.05, 0) is 46.5 Å². The van der Waals surface area contributed by atoms with Gasteiger partial charge in [0.25, 0.3) is 0 Å². The van der Waals surface area contributed by atoms with E-state index in [2.05, 4.69) is 5.32 Å². The summed E-state index contributed by atoms with van der Waals surface area (Å²) in [5.41, 5.74) is -1.67. The predicted octanol–water partition coefficient (Wildman–Crippen LogP) is 2.41. The summed E-state index contributed by atoms with van der Waals surface area (Å²) in [4.78, 5) is 23.9. The number of amides is 1.